The highest BCUT2D eigenvalue weighted by molar-refractivity contribution is 6.05. The van der Waals surface area contributed by atoms with Gasteiger partial charge in [-0.1, -0.05) is 12.1 Å². The Labute approximate surface area is 106 Å². The molecule has 0 heterocycles. The van der Waals surface area contributed by atoms with Crippen molar-refractivity contribution in [3.05, 3.63) is 59.4 Å². The highest BCUT2D eigenvalue weighted by Gasteiger charge is 2.17. The molecule has 0 aliphatic carbocycles. The Kier molecular flexibility index (Phi) is 3.41. The Morgan fingerprint density at radius 1 is 1.11 bits per heavy atom. The quantitative estimate of drug-likeness (QED) is 0.821. The topological polar surface area (TPSA) is 55.1 Å². The zero-order chi connectivity index (χ0) is 14.0. The number of halogens is 3. The summed E-state index contributed by atoms with van der Waals surface area (Å²) in [4.78, 5) is 11.8. The van der Waals surface area contributed by atoms with E-state index in [0.717, 1.165) is 12.1 Å². The first-order chi connectivity index (χ1) is 8.99. The molecule has 0 aliphatic rings. The van der Waals surface area contributed by atoms with Crippen molar-refractivity contribution in [2.75, 3.05) is 11.1 Å². The zero-order valence-electron chi connectivity index (χ0n) is 9.58. The van der Waals surface area contributed by atoms with Gasteiger partial charge in [0, 0.05) is 0 Å². The molecule has 98 valence electrons. The van der Waals surface area contributed by atoms with Gasteiger partial charge in [-0.2, -0.15) is 0 Å². The van der Waals surface area contributed by atoms with Crippen LogP contribution in [0.5, 0.6) is 0 Å². The molecular weight excluding hydrogens is 257 g/mol. The van der Waals surface area contributed by atoms with E-state index in [9.17, 15) is 18.0 Å². The number of hydrogen-bond acceptors (Lipinski definition) is 2. The zero-order valence-corrected chi connectivity index (χ0v) is 9.58. The highest BCUT2D eigenvalue weighted by atomic mass is 19.1. The van der Waals surface area contributed by atoms with Gasteiger partial charge >= 0.3 is 0 Å². The number of carbonyl (C=O) groups is 1. The van der Waals surface area contributed by atoms with E-state index in [1.54, 1.807) is 0 Å². The molecule has 0 radical (unpaired) electrons. The van der Waals surface area contributed by atoms with Crippen molar-refractivity contribution in [3.8, 4) is 0 Å². The van der Waals surface area contributed by atoms with Crippen molar-refractivity contribution >= 4 is 17.3 Å². The second-order valence-electron chi connectivity index (χ2n) is 3.79. The number of hydrogen-bond donors (Lipinski definition) is 2. The van der Waals surface area contributed by atoms with Crippen LogP contribution in [0.25, 0.3) is 0 Å². The molecule has 1 amide bonds. The van der Waals surface area contributed by atoms with Crippen LogP contribution in [0.15, 0.2) is 36.4 Å². The number of amides is 1. The molecule has 0 fully saturated rings. The molecule has 6 heteroatoms. The fourth-order valence-electron chi connectivity index (χ4n) is 1.53. The molecule has 0 unspecified atom stereocenters. The number of benzene rings is 2. The van der Waals surface area contributed by atoms with Crippen LogP contribution in [0.4, 0.5) is 24.5 Å². The first kappa shape index (κ1) is 12.9. The van der Waals surface area contributed by atoms with E-state index in [1.165, 1.54) is 18.2 Å². The van der Waals surface area contributed by atoms with E-state index < -0.39 is 34.6 Å². The lowest BCUT2D eigenvalue weighted by atomic mass is 10.1. The molecule has 2 aromatic rings. The van der Waals surface area contributed by atoms with Gasteiger partial charge in [0.25, 0.3) is 5.91 Å². The van der Waals surface area contributed by atoms with Crippen molar-refractivity contribution in [2.45, 2.75) is 0 Å². The van der Waals surface area contributed by atoms with Crippen LogP contribution >= 0.6 is 0 Å². The van der Waals surface area contributed by atoms with Crippen LogP contribution in [-0.4, -0.2) is 5.91 Å². The van der Waals surface area contributed by atoms with E-state index in [-0.39, 0.29) is 5.69 Å². The minimum Gasteiger partial charge on any atom is -0.396 e. The molecule has 0 aliphatic heterocycles. The van der Waals surface area contributed by atoms with Crippen molar-refractivity contribution in [2.24, 2.45) is 0 Å². The predicted octanol–water partition coefficient (Wildman–Crippen LogP) is 2.94. The molecule has 0 bridgehead atoms. The van der Waals surface area contributed by atoms with Gasteiger partial charge in [-0.3, -0.25) is 4.79 Å². The molecule has 19 heavy (non-hydrogen) atoms. The smallest absolute Gasteiger partial charge is 0.258 e. The standard InChI is InChI=1S/C13H9F3N2O/c14-7-5-8(12(16)10(17)6-7)13(19)18-11-4-2-1-3-9(11)15/h1-6H,17H2,(H,18,19). The van der Waals surface area contributed by atoms with E-state index in [4.69, 9.17) is 5.73 Å². The van der Waals surface area contributed by atoms with Crippen LogP contribution in [0, 0.1) is 17.5 Å². The second-order valence-corrected chi connectivity index (χ2v) is 3.79. The molecular formula is C13H9F3N2O. The van der Waals surface area contributed by atoms with Gasteiger partial charge in [0.05, 0.1) is 16.9 Å². The summed E-state index contributed by atoms with van der Waals surface area (Å²) >= 11 is 0. The van der Waals surface area contributed by atoms with E-state index in [0.29, 0.717) is 6.07 Å². The van der Waals surface area contributed by atoms with Crippen LogP contribution in [0.3, 0.4) is 0 Å². The van der Waals surface area contributed by atoms with Crippen molar-refractivity contribution in [3.63, 3.8) is 0 Å². The molecule has 2 aromatic carbocycles. The number of carbonyl (C=O) groups excluding carboxylic acids is 1. The van der Waals surface area contributed by atoms with Crippen LogP contribution in [0.2, 0.25) is 0 Å². The Morgan fingerprint density at radius 2 is 1.79 bits per heavy atom. The maximum Gasteiger partial charge on any atom is 0.258 e. The lowest BCUT2D eigenvalue weighted by Gasteiger charge is -2.08. The van der Waals surface area contributed by atoms with Gasteiger partial charge in [-0.05, 0) is 24.3 Å². The van der Waals surface area contributed by atoms with Crippen molar-refractivity contribution in [1.29, 1.82) is 0 Å². The fourth-order valence-corrected chi connectivity index (χ4v) is 1.53. The molecule has 0 atom stereocenters. The van der Waals surface area contributed by atoms with Crippen molar-refractivity contribution < 1.29 is 18.0 Å². The molecule has 2 rings (SSSR count). The van der Waals surface area contributed by atoms with Crippen molar-refractivity contribution in [1.82, 2.24) is 0 Å². The average molecular weight is 266 g/mol. The second kappa shape index (κ2) is 5.01. The monoisotopic (exact) mass is 266 g/mol. The normalized spacial score (nSPS) is 10.3. The van der Waals surface area contributed by atoms with Gasteiger partial charge in [-0.25, -0.2) is 13.2 Å². The lowest BCUT2D eigenvalue weighted by Crippen LogP contribution is -2.16. The summed E-state index contributed by atoms with van der Waals surface area (Å²) in [5, 5.41) is 2.15. The van der Waals surface area contributed by atoms with Gasteiger partial charge in [0.2, 0.25) is 0 Å². The SMILES string of the molecule is Nc1cc(F)cc(C(=O)Nc2ccccc2F)c1F. The summed E-state index contributed by atoms with van der Waals surface area (Å²) in [5.41, 5.74) is 4.01. The largest absolute Gasteiger partial charge is 0.396 e. The maximum atomic E-state index is 13.6. The maximum absolute atomic E-state index is 13.6. The Bertz CT molecular complexity index is 644. The summed E-state index contributed by atoms with van der Waals surface area (Å²) in [7, 11) is 0. The number of rotatable bonds is 2. The number of nitrogen functional groups attached to an aromatic ring is 1. The van der Waals surface area contributed by atoms with E-state index in [2.05, 4.69) is 5.32 Å². The van der Waals surface area contributed by atoms with Gasteiger partial charge in [0.15, 0.2) is 5.82 Å². The number of anilines is 2. The van der Waals surface area contributed by atoms with Gasteiger partial charge in [-0.15, -0.1) is 0 Å². The third-order valence-electron chi connectivity index (χ3n) is 2.43. The predicted molar refractivity (Wildman–Crippen MR) is 65.1 cm³/mol. The third-order valence-corrected chi connectivity index (χ3v) is 2.43. The summed E-state index contributed by atoms with van der Waals surface area (Å²) in [6.45, 7) is 0. The number of nitrogens with one attached hydrogen (secondary N) is 1. The first-order valence-electron chi connectivity index (χ1n) is 5.29. The van der Waals surface area contributed by atoms with E-state index in [1.807, 2.05) is 0 Å². The Morgan fingerprint density at radius 3 is 2.47 bits per heavy atom. The molecule has 3 N–H and O–H groups in total. The summed E-state index contributed by atoms with van der Waals surface area (Å²) in [5.74, 6) is -3.55. The Hall–Kier alpha value is -2.50. The minimum absolute atomic E-state index is 0.130. The summed E-state index contributed by atoms with van der Waals surface area (Å²) < 4.78 is 40.0. The van der Waals surface area contributed by atoms with Crippen LogP contribution < -0.4 is 11.1 Å². The summed E-state index contributed by atoms with van der Waals surface area (Å²) in [6.07, 6.45) is 0. The number of para-hydroxylation sites is 1. The van der Waals surface area contributed by atoms with Gasteiger partial charge < -0.3 is 11.1 Å². The molecule has 0 saturated carbocycles. The highest BCUT2D eigenvalue weighted by Crippen LogP contribution is 2.20. The average Bonchev–Trinajstić information content (AvgIpc) is 2.36. The lowest BCUT2D eigenvalue weighted by molar-refractivity contribution is 0.102. The van der Waals surface area contributed by atoms with Crippen LogP contribution in [0.1, 0.15) is 10.4 Å². The molecule has 0 spiro atoms. The number of nitrogens with two attached hydrogens (primary N) is 1. The molecule has 3 nitrogen and oxygen atoms in total. The van der Waals surface area contributed by atoms with Gasteiger partial charge in [0.1, 0.15) is 11.6 Å². The molecule has 0 saturated heterocycles. The Balaban J connectivity index is 2.33. The minimum atomic E-state index is -1.05. The first-order valence-corrected chi connectivity index (χ1v) is 5.29. The third kappa shape index (κ3) is 2.67. The van der Waals surface area contributed by atoms with E-state index >= 15 is 0 Å². The van der Waals surface area contributed by atoms with Crippen LogP contribution in [-0.2, 0) is 0 Å². The molecule has 0 aromatic heterocycles. The fraction of sp³-hybridized carbons (Fsp3) is 0. The summed E-state index contributed by atoms with van der Waals surface area (Å²) in [6, 6.07) is 6.82.